The van der Waals surface area contributed by atoms with Crippen molar-refractivity contribution in [3.05, 3.63) is 200 Å². The third-order valence-electron chi connectivity index (χ3n) is 10.9. The SMILES string of the molecule is CCCCc1ccc(C#Cc2ccc(C#Cc3ccc(CCC)cc3)c3ccccc23)cc1.CCCc1ccc(C#Cc2ccc(Br)c3ccccc23)cc1.CCN(CC)CC. The van der Waals surface area contributed by atoms with Crippen LogP contribution in [-0.2, 0) is 19.3 Å². The van der Waals surface area contributed by atoms with Gasteiger partial charge in [0.25, 0.3) is 0 Å². The standard InChI is InChI=1S/C33H30.C21H17Br.C6H15N/c1-3-5-9-27-14-18-29(19-15-27)21-23-31-25-24-30(32-10-6-7-11-33(31)32)22-20-28-16-12-26(8-4-2)13-17-28;1-2-5-16-8-10-17(11-9-16)12-13-18-14-15-21(22)20-7-4-3-6-19(18)20;1-4-7(5-2)6-3/h6-7,10-19,24-25H,3-5,8-9H2,1-2H3;3-4,6-11,14-15H,2,5H2,1H3;4-6H2,1-3H3. The maximum absolute atomic E-state index is 3.60. The van der Waals surface area contributed by atoms with E-state index in [-0.39, 0.29) is 0 Å². The summed E-state index contributed by atoms with van der Waals surface area (Å²) in [7, 11) is 0. The average molecular weight is 877 g/mol. The first-order valence-electron chi connectivity index (χ1n) is 22.6. The fourth-order valence-electron chi connectivity index (χ4n) is 7.20. The maximum Gasteiger partial charge on any atom is 0.0328 e. The minimum Gasteiger partial charge on any atom is -0.304 e. The van der Waals surface area contributed by atoms with Crippen molar-refractivity contribution in [2.75, 3.05) is 19.6 Å². The minimum atomic E-state index is 1.04. The molecule has 0 fully saturated rings. The van der Waals surface area contributed by atoms with Crippen molar-refractivity contribution in [2.24, 2.45) is 0 Å². The largest absolute Gasteiger partial charge is 0.304 e. The number of aryl methyl sites for hydroxylation is 3. The molecule has 0 spiro atoms. The molecule has 0 N–H and O–H groups in total. The maximum atomic E-state index is 3.60. The fourth-order valence-corrected chi connectivity index (χ4v) is 7.68. The molecule has 314 valence electrons. The van der Waals surface area contributed by atoms with Gasteiger partial charge in [-0.1, -0.05) is 197 Å². The molecule has 0 aromatic heterocycles. The molecule has 7 aromatic carbocycles. The molecular formula is C60H62BrN. The second kappa shape index (κ2) is 25.8. The lowest BCUT2D eigenvalue weighted by atomic mass is 9.99. The molecule has 0 aliphatic rings. The van der Waals surface area contributed by atoms with Crippen LogP contribution in [-0.4, -0.2) is 24.5 Å². The summed E-state index contributed by atoms with van der Waals surface area (Å²) in [5, 5.41) is 4.68. The molecule has 0 saturated carbocycles. The van der Waals surface area contributed by atoms with Crippen molar-refractivity contribution < 1.29 is 0 Å². The highest BCUT2D eigenvalue weighted by atomic mass is 79.9. The average Bonchev–Trinajstić information content (AvgIpc) is 3.32. The minimum absolute atomic E-state index is 1.04. The van der Waals surface area contributed by atoms with E-state index >= 15 is 0 Å². The highest BCUT2D eigenvalue weighted by Gasteiger charge is 2.04. The number of hydrogen-bond acceptors (Lipinski definition) is 1. The molecule has 0 atom stereocenters. The lowest BCUT2D eigenvalue weighted by Crippen LogP contribution is -2.21. The lowest BCUT2D eigenvalue weighted by molar-refractivity contribution is 0.321. The first-order valence-corrected chi connectivity index (χ1v) is 23.4. The monoisotopic (exact) mass is 875 g/mol. The summed E-state index contributed by atoms with van der Waals surface area (Å²) < 4.78 is 1.11. The Morgan fingerprint density at radius 2 is 0.694 bits per heavy atom. The number of fused-ring (bicyclic) bond motifs is 2. The first-order chi connectivity index (χ1) is 30.4. The predicted octanol–water partition coefficient (Wildman–Crippen LogP) is 15.2. The lowest BCUT2D eigenvalue weighted by Gasteiger charge is -2.13. The summed E-state index contributed by atoms with van der Waals surface area (Å²) in [4.78, 5) is 2.38. The Balaban J connectivity index is 0.000000215. The second-order valence-electron chi connectivity index (χ2n) is 15.4. The van der Waals surface area contributed by atoms with Gasteiger partial charge in [-0.2, -0.15) is 0 Å². The Labute approximate surface area is 382 Å². The molecule has 0 saturated heterocycles. The number of nitrogens with zero attached hydrogens (tertiary/aromatic N) is 1. The molecule has 0 radical (unpaired) electrons. The molecule has 0 heterocycles. The van der Waals surface area contributed by atoms with E-state index in [4.69, 9.17) is 0 Å². The van der Waals surface area contributed by atoms with E-state index in [1.807, 2.05) is 0 Å². The van der Waals surface area contributed by atoms with Gasteiger partial charge < -0.3 is 4.90 Å². The Kier molecular flexibility index (Phi) is 19.7. The van der Waals surface area contributed by atoms with E-state index in [1.54, 1.807) is 0 Å². The predicted molar refractivity (Wildman–Crippen MR) is 273 cm³/mol. The van der Waals surface area contributed by atoms with Crippen LogP contribution in [0.1, 0.15) is 117 Å². The van der Waals surface area contributed by atoms with E-state index in [0.717, 1.165) is 74.3 Å². The summed E-state index contributed by atoms with van der Waals surface area (Å²) in [6, 6.07) is 50.9. The van der Waals surface area contributed by atoms with Gasteiger partial charge in [-0.15, -0.1) is 0 Å². The molecule has 7 rings (SSSR count). The molecule has 0 aliphatic carbocycles. The number of hydrogen-bond donors (Lipinski definition) is 0. The fraction of sp³-hybridized carbons (Fsp3) is 0.267. The van der Waals surface area contributed by atoms with Crippen LogP contribution in [0.3, 0.4) is 0 Å². The van der Waals surface area contributed by atoms with Crippen LogP contribution in [0.15, 0.2) is 150 Å². The van der Waals surface area contributed by atoms with Gasteiger partial charge in [0.15, 0.2) is 0 Å². The van der Waals surface area contributed by atoms with Gasteiger partial charge in [0.1, 0.15) is 0 Å². The van der Waals surface area contributed by atoms with Crippen molar-refractivity contribution in [2.45, 2.75) is 86.5 Å². The van der Waals surface area contributed by atoms with Gasteiger partial charge in [0, 0.05) is 37.9 Å². The van der Waals surface area contributed by atoms with Crippen molar-refractivity contribution in [3.63, 3.8) is 0 Å². The van der Waals surface area contributed by atoms with Crippen molar-refractivity contribution in [1.82, 2.24) is 4.90 Å². The van der Waals surface area contributed by atoms with Crippen LogP contribution in [0.5, 0.6) is 0 Å². The van der Waals surface area contributed by atoms with Gasteiger partial charge >= 0.3 is 0 Å². The van der Waals surface area contributed by atoms with Crippen molar-refractivity contribution in [3.8, 4) is 35.5 Å². The smallest absolute Gasteiger partial charge is 0.0328 e. The second-order valence-corrected chi connectivity index (χ2v) is 16.3. The van der Waals surface area contributed by atoms with E-state index in [9.17, 15) is 0 Å². The Morgan fingerprint density at radius 1 is 0.355 bits per heavy atom. The van der Waals surface area contributed by atoms with Crippen LogP contribution in [0.25, 0.3) is 21.5 Å². The summed E-state index contributed by atoms with van der Waals surface area (Å²) >= 11 is 3.60. The Hall–Kier alpha value is -5.82. The van der Waals surface area contributed by atoms with Crippen LogP contribution in [0.2, 0.25) is 0 Å². The summed E-state index contributed by atoms with van der Waals surface area (Å²) in [6.07, 6.45) is 8.18. The molecule has 7 aromatic rings. The zero-order valence-electron chi connectivity index (χ0n) is 37.8. The third-order valence-corrected chi connectivity index (χ3v) is 11.6. The van der Waals surface area contributed by atoms with Crippen LogP contribution in [0, 0.1) is 35.5 Å². The molecule has 0 aliphatic heterocycles. The molecule has 0 unspecified atom stereocenters. The van der Waals surface area contributed by atoms with Crippen molar-refractivity contribution in [1.29, 1.82) is 0 Å². The van der Waals surface area contributed by atoms with E-state index in [1.165, 1.54) is 66.4 Å². The summed E-state index contributed by atoms with van der Waals surface area (Å²) in [6.45, 7) is 16.8. The number of benzene rings is 7. The zero-order valence-corrected chi connectivity index (χ0v) is 39.3. The molecule has 2 heteroatoms. The Bertz CT molecular complexity index is 2640. The van der Waals surface area contributed by atoms with E-state index in [0.29, 0.717) is 0 Å². The van der Waals surface area contributed by atoms with Crippen LogP contribution >= 0.6 is 15.9 Å². The number of unbranched alkanes of at least 4 members (excludes halogenated alkanes) is 1. The summed E-state index contributed by atoms with van der Waals surface area (Å²) in [5.74, 6) is 20.0. The molecule has 1 nitrogen and oxygen atoms in total. The quantitative estimate of drug-likeness (QED) is 0.124. The van der Waals surface area contributed by atoms with Crippen molar-refractivity contribution >= 4 is 37.5 Å². The number of halogens is 1. The topological polar surface area (TPSA) is 3.24 Å². The van der Waals surface area contributed by atoms with Gasteiger partial charge in [-0.3, -0.25) is 0 Å². The molecule has 62 heavy (non-hydrogen) atoms. The van der Waals surface area contributed by atoms with Crippen LogP contribution < -0.4 is 0 Å². The normalized spacial score (nSPS) is 10.3. The van der Waals surface area contributed by atoms with E-state index < -0.39 is 0 Å². The van der Waals surface area contributed by atoms with E-state index in [2.05, 4.69) is 243 Å². The van der Waals surface area contributed by atoms with Gasteiger partial charge in [-0.25, -0.2) is 0 Å². The molecule has 0 amide bonds. The van der Waals surface area contributed by atoms with Gasteiger partial charge in [-0.05, 0) is 144 Å². The third kappa shape index (κ3) is 14.4. The molecular weight excluding hydrogens is 815 g/mol. The van der Waals surface area contributed by atoms with Gasteiger partial charge in [0.05, 0.1) is 0 Å². The zero-order chi connectivity index (χ0) is 43.9. The van der Waals surface area contributed by atoms with Gasteiger partial charge in [0.2, 0.25) is 0 Å². The first kappa shape index (κ1) is 47.2. The highest BCUT2D eigenvalue weighted by molar-refractivity contribution is 9.10. The Morgan fingerprint density at radius 3 is 1.03 bits per heavy atom. The van der Waals surface area contributed by atoms with Crippen LogP contribution in [0.4, 0.5) is 0 Å². The highest BCUT2D eigenvalue weighted by Crippen LogP contribution is 2.27. The number of rotatable bonds is 10. The molecule has 0 bridgehead atoms. The summed E-state index contributed by atoms with van der Waals surface area (Å²) in [5.41, 5.74) is 10.4.